The lowest BCUT2D eigenvalue weighted by Gasteiger charge is -2.23. The molecule has 0 aromatic heterocycles. The van der Waals surface area contributed by atoms with E-state index in [1.807, 2.05) is 7.05 Å². The molecule has 1 aliphatic rings. The zero-order valence-electron chi connectivity index (χ0n) is 12.4. The fraction of sp³-hybridized carbons (Fsp3) is 0.625. The standard InChI is InChI=1S/C16H26N2O/c1-4-16(17-2)13-7-9-14(10-8-13)18(3)12-15-6-5-11-19-15/h7-10,15-17H,4-6,11-12H2,1-3H3. The number of hydrogen-bond donors (Lipinski definition) is 1. The minimum atomic E-state index is 0.408. The van der Waals surface area contributed by atoms with Gasteiger partial charge in [0.1, 0.15) is 0 Å². The smallest absolute Gasteiger partial charge is 0.0750 e. The van der Waals surface area contributed by atoms with Crippen molar-refractivity contribution in [1.82, 2.24) is 5.32 Å². The monoisotopic (exact) mass is 262 g/mol. The number of nitrogens with one attached hydrogen (secondary N) is 1. The molecule has 0 radical (unpaired) electrons. The zero-order valence-corrected chi connectivity index (χ0v) is 12.4. The van der Waals surface area contributed by atoms with Gasteiger partial charge in [0.15, 0.2) is 0 Å². The minimum Gasteiger partial charge on any atom is -0.376 e. The average Bonchev–Trinajstić information content (AvgIpc) is 2.94. The molecule has 2 unspecified atom stereocenters. The third-order valence-electron chi connectivity index (χ3n) is 3.99. The molecule has 1 fully saturated rings. The Morgan fingerprint density at radius 2 is 2.11 bits per heavy atom. The Morgan fingerprint density at radius 3 is 2.63 bits per heavy atom. The molecule has 1 aromatic rings. The van der Waals surface area contributed by atoms with Gasteiger partial charge in [0.05, 0.1) is 6.10 Å². The van der Waals surface area contributed by atoms with Crippen LogP contribution < -0.4 is 10.2 Å². The number of hydrogen-bond acceptors (Lipinski definition) is 3. The van der Waals surface area contributed by atoms with E-state index in [4.69, 9.17) is 4.74 Å². The van der Waals surface area contributed by atoms with E-state index >= 15 is 0 Å². The van der Waals surface area contributed by atoms with Gasteiger partial charge >= 0.3 is 0 Å². The van der Waals surface area contributed by atoms with Crippen molar-refractivity contribution in [3.8, 4) is 0 Å². The molecular formula is C16H26N2O. The Balaban J connectivity index is 1.96. The second-order valence-corrected chi connectivity index (χ2v) is 5.36. The maximum Gasteiger partial charge on any atom is 0.0750 e. The first kappa shape index (κ1) is 14.4. The topological polar surface area (TPSA) is 24.5 Å². The SMILES string of the molecule is CCC(NC)c1ccc(N(C)CC2CCCO2)cc1. The summed E-state index contributed by atoms with van der Waals surface area (Å²) in [4.78, 5) is 2.29. The normalized spacial score (nSPS) is 20.5. The van der Waals surface area contributed by atoms with Crippen molar-refractivity contribution in [3.63, 3.8) is 0 Å². The van der Waals surface area contributed by atoms with Gasteiger partial charge in [-0.3, -0.25) is 0 Å². The van der Waals surface area contributed by atoms with Gasteiger partial charge in [-0.25, -0.2) is 0 Å². The first-order valence-corrected chi connectivity index (χ1v) is 7.34. The molecule has 3 heteroatoms. The van der Waals surface area contributed by atoms with Gasteiger partial charge in [0, 0.05) is 31.9 Å². The third-order valence-corrected chi connectivity index (χ3v) is 3.99. The van der Waals surface area contributed by atoms with Crippen molar-refractivity contribution in [3.05, 3.63) is 29.8 Å². The molecule has 0 bridgehead atoms. The van der Waals surface area contributed by atoms with Gasteiger partial charge in [-0.05, 0) is 44.0 Å². The summed E-state index contributed by atoms with van der Waals surface area (Å²) in [6, 6.07) is 9.34. The molecule has 0 amide bonds. The van der Waals surface area contributed by atoms with Gasteiger partial charge in [0.2, 0.25) is 0 Å². The molecule has 0 spiro atoms. The van der Waals surface area contributed by atoms with Crippen LogP contribution in [-0.4, -0.2) is 33.4 Å². The summed E-state index contributed by atoms with van der Waals surface area (Å²) in [5, 5.41) is 3.34. The summed E-state index contributed by atoms with van der Waals surface area (Å²) >= 11 is 0. The summed E-state index contributed by atoms with van der Waals surface area (Å²) < 4.78 is 5.69. The number of likely N-dealkylation sites (N-methyl/N-ethyl adjacent to an activating group) is 1. The molecule has 1 heterocycles. The fourth-order valence-electron chi connectivity index (χ4n) is 2.77. The van der Waals surface area contributed by atoms with Crippen molar-refractivity contribution in [2.45, 2.75) is 38.3 Å². The fourth-order valence-corrected chi connectivity index (χ4v) is 2.77. The lowest BCUT2D eigenvalue weighted by atomic mass is 10.0. The molecular weight excluding hydrogens is 236 g/mol. The van der Waals surface area contributed by atoms with Crippen LogP contribution in [0.5, 0.6) is 0 Å². The Hall–Kier alpha value is -1.06. The summed E-state index contributed by atoms with van der Waals surface area (Å²) in [7, 11) is 4.16. The summed E-state index contributed by atoms with van der Waals surface area (Å²) in [6.07, 6.45) is 3.92. The van der Waals surface area contributed by atoms with Crippen molar-refractivity contribution in [2.75, 3.05) is 32.1 Å². The lowest BCUT2D eigenvalue weighted by molar-refractivity contribution is 0.116. The van der Waals surface area contributed by atoms with Crippen LogP contribution in [0.15, 0.2) is 24.3 Å². The highest BCUT2D eigenvalue weighted by Gasteiger charge is 2.17. The van der Waals surface area contributed by atoms with Crippen LogP contribution in [0.4, 0.5) is 5.69 Å². The van der Waals surface area contributed by atoms with Gasteiger partial charge < -0.3 is 15.0 Å². The molecule has 106 valence electrons. The number of nitrogens with zero attached hydrogens (tertiary/aromatic N) is 1. The Kier molecular flexibility index (Phi) is 5.23. The Labute approximate surface area is 116 Å². The largest absolute Gasteiger partial charge is 0.376 e. The highest BCUT2D eigenvalue weighted by Crippen LogP contribution is 2.22. The van der Waals surface area contributed by atoms with E-state index in [1.54, 1.807) is 0 Å². The molecule has 1 saturated heterocycles. The molecule has 0 aliphatic carbocycles. The van der Waals surface area contributed by atoms with Crippen molar-refractivity contribution in [2.24, 2.45) is 0 Å². The predicted octanol–water partition coefficient (Wildman–Crippen LogP) is 2.97. The summed E-state index contributed by atoms with van der Waals surface area (Å²) in [5.74, 6) is 0. The van der Waals surface area contributed by atoms with Crippen molar-refractivity contribution >= 4 is 5.69 Å². The highest BCUT2D eigenvalue weighted by atomic mass is 16.5. The zero-order chi connectivity index (χ0) is 13.7. The summed E-state index contributed by atoms with van der Waals surface area (Å²) in [5.41, 5.74) is 2.63. The maximum absolute atomic E-state index is 5.69. The van der Waals surface area contributed by atoms with Crippen LogP contribution in [0.2, 0.25) is 0 Å². The van der Waals surface area contributed by atoms with Crippen LogP contribution in [0.1, 0.15) is 37.8 Å². The van der Waals surface area contributed by atoms with E-state index in [-0.39, 0.29) is 0 Å². The van der Waals surface area contributed by atoms with Crippen LogP contribution in [0.3, 0.4) is 0 Å². The summed E-state index contributed by atoms with van der Waals surface area (Å²) in [6.45, 7) is 4.12. The van der Waals surface area contributed by atoms with Crippen LogP contribution in [-0.2, 0) is 4.74 Å². The van der Waals surface area contributed by atoms with Gasteiger partial charge in [-0.15, -0.1) is 0 Å². The number of rotatable bonds is 6. The quantitative estimate of drug-likeness (QED) is 0.853. The van der Waals surface area contributed by atoms with Gasteiger partial charge in [-0.2, -0.15) is 0 Å². The number of benzene rings is 1. The predicted molar refractivity (Wildman–Crippen MR) is 80.8 cm³/mol. The lowest BCUT2D eigenvalue weighted by Crippen LogP contribution is -2.28. The van der Waals surface area contributed by atoms with Crippen LogP contribution >= 0.6 is 0 Å². The van der Waals surface area contributed by atoms with E-state index in [0.29, 0.717) is 12.1 Å². The molecule has 2 rings (SSSR count). The first-order chi connectivity index (χ1) is 9.24. The molecule has 0 saturated carbocycles. The first-order valence-electron chi connectivity index (χ1n) is 7.34. The molecule has 1 aromatic carbocycles. The van der Waals surface area contributed by atoms with E-state index in [2.05, 4.69) is 48.5 Å². The van der Waals surface area contributed by atoms with E-state index in [1.165, 1.54) is 24.1 Å². The molecule has 1 N–H and O–H groups in total. The molecule has 19 heavy (non-hydrogen) atoms. The Morgan fingerprint density at radius 1 is 1.37 bits per heavy atom. The average molecular weight is 262 g/mol. The second-order valence-electron chi connectivity index (χ2n) is 5.36. The van der Waals surface area contributed by atoms with Gasteiger partial charge in [0.25, 0.3) is 0 Å². The van der Waals surface area contributed by atoms with Gasteiger partial charge in [-0.1, -0.05) is 19.1 Å². The van der Waals surface area contributed by atoms with E-state index in [9.17, 15) is 0 Å². The molecule has 2 atom stereocenters. The third kappa shape index (κ3) is 3.71. The van der Waals surface area contributed by atoms with E-state index < -0.39 is 0 Å². The van der Waals surface area contributed by atoms with E-state index in [0.717, 1.165) is 19.6 Å². The molecule has 1 aliphatic heterocycles. The number of ether oxygens (including phenoxy) is 1. The minimum absolute atomic E-state index is 0.408. The number of anilines is 1. The molecule has 3 nitrogen and oxygen atoms in total. The maximum atomic E-state index is 5.69. The highest BCUT2D eigenvalue weighted by molar-refractivity contribution is 5.47. The van der Waals surface area contributed by atoms with Crippen molar-refractivity contribution in [1.29, 1.82) is 0 Å². The Bertz CT molecular complexity index is 367. The second kappa shape index (κ2) is 6.92. The van der Waals surface area contributed by atoms with Crippen molar-refractivity contribution < 1.29 is 4.74 Å². The van der Waals surface area contributed by atoms with Crippen LogP contribution in [0, 0.1) is 0 Å². The van der Waals surface area contributed by atoms with Crippen LogP contribution in [0.25, 0.3) is 0 Å².